The summed E-state index contributed by atoms with van der Waals surface area (Å²) in [5.41, 5.74) is 7.27. The molecule has 1 aromatic heterocycles. The largest absolute Gasteiger partial charge is 0.493 e. The molecule has 0 fully saturated rings. The maximum atomic E-state index is 12.8. The number of nitrogens with zero attached hydrogens (tertiary/aromatic N) is 3. The van der Waals surface area contributed by atoms with Crippen LogP contribution in [0.1, 0.15) is 27.3 Å². The summed E-state index contributed by atoms with van der Waals surface area (Å²) in [6.07, 6.45) is 0. The molecule has 0 spiro atoms. The number of aromatic nitrogens is 2. The molecule has 3 rings (SSSR count). The summed E-state index contributed by atoms with van der Waals surface area (Å²) in [6.45, 7) is 1.13. The Bertz CT molecular complexity index is 1190. The van der Waals surface area contributed by atoms with Gasteiger partial charge in [0.2, 0.25) is 5.75 Å². The van der Waals surface area contributed by atoms with Gasteiger partial charge in [0.25, 0.3) is 5.91 Å². The molecule has 0 saturated heterocycles. The third-order valence-electron chi connectivity index (χ3n) is 4.66. The molecule has 170 valence electrons. The van der Waals surface area contributed by atoms with Crippen LogP contribution in [0.4, 0.5) is 0 Å². The molecule has 0 bridgehead atoms. The summed E-state index contributed by atoms with van der Waals surface area (Å²) in [6, 6.07) is 14.1. The van der Waals surface area contributed by atoms with Gasteiger partial charge in [-0.3, -0.25) is 4.79 Å². The van der Waals surface area contributed by atoms with E-state index >= 15 is 0 Å². The van der Waals surface area contributed by atoms with Gasteiger partial charge in [0, 0.05) is 0 Å². The van der Waals surface area contributed by atoms with Crippen LogP contribution < -0.4 is 19.9 Å². The van der Waals surface area contributed by atoms with Crippen LogP contribution in [-0.4, -0.2) is 42.5 Å². The molecule has 0 unspecified atom stereocenters. The topological polar surface area (TPSA) is 139 Å². The molecule has 0 aliphatic heterocycles. The van der Waals surface area contributed by atoms with Crippen molar-refractivity contribution in [2.24, 2.45) is 5.73 Å². The van der Waals surface area contributed by atoms with E-state index in [0.717, 1.165) is 5.69 Å². The predicted molar refractivity (Wildman–Crippen MR) is 116 cm³/mol. The molecule has 1 heterocycles. The fraction of sp³-hybridized carbons (Fsp3) is 0.217. The molecule has 0 atom stereocenters. The highest BCUT2D eigenvalue weighted by Crippen LogP contribution is 2.38. The highest BCUT2D eigenvalue weighted by molar-refractivity contribution is 5.91. The van der Waals surface area contributed by atoms with Crippen molar-refractivity contribution in [1.82, 2.24) is 9.78 Å². The maximum Gasteiger partial charge on any atom is 0.338 e. The van der Waals surface area contributed by atoms with Crippen LogP contribution in [0.2, 0.25) is 0 Å². The number of benzene rings is 2. The number of esters is 1. The Morgan fingerprint density at radius 1 is 1.12 bits per heavy atom. The first-order valence-electron chi connectivity index (χ1n) is 9.77. The summed E-state index contributed by atoms with van der Waals surface area (Å²) in [5, 5.41) is 14.0. The molecule has 10 nitrogen and oxygen atoms in total. The van der Waals surface area contributed by atoms with Crippen molar-refractivity contribution in [3.8, 4) is 29.0 Å². The number of aryl methyl sites for hydroxylation is 1. The lowest BCUT2D eigenvalue weighted by Crippen LogP contribution is -2.20. The number of ether oxygens (including phenoxy) is 4. The lowest BCUT2D eigenvalue weighted by Gasteiger charge is -2.15. The molecule has 0 saturated carbocycles. The summed E-state index contributed by atoms with van der Waals surface area (Å²) < 4.78 is 23.0. The number of primary amides is 1. The maximum absolute atomic E-state index is 12.8. The summed E-state index contributed by atoms with van der Waals surface area (Å²) in [7, 11) is 2.75. The molecular weight excluding hydrogens is 428 g/mol. The van der Waals surface area contributed by atoms with Crippen molar-refractivity contribution >= 4 is 11.9 Å². The lowest BCUT2D eigenvalue weighted by molar-refractivity contribution is -0.120. The van der Waals surface area contributed by atoms with E-state index in [0.29, 0.717) is 17.0 Å². The van der Waals surface area contributed by atoms with Crippen molar-refractivity contribution < 1.29 is 28.5 Å². The molecule has 0 aliphatic carbocycles. The number of nitriles is 1. The van der Waals surface area contributed by atoms with Crippen LogP contribution in [0.3, 0.4) is 0 Å². The first kappa shape index (κ1) is 23.1. The average Bonchev–Trinajstić information content (AvgIpc) is 3.15. The number of para-hydroxylation sites is 1. The molecule has 10 heteroatoms. The quantitative estimate of drug-likeness (QED) is 0.490. The van der Waals surface area contributed by atoms with Gasteiger partial charge in [-0.25, -0.2) is 9.48 Å². The minimum Gasteiger partial charge on any atom is -0.493 e. The van der Waals surface area contributed by atoms with Gasteiger partial charge in [0.15, 0.2) is 18.1 Å². The fourth-order valence-corrected chi connectivity index (χ4v) is 3.14. The number of carbonyl (C=O) groups is 2. The molecule has 0 radical (unpaired) electrons. The van der Waals surface area contributed by atoms with E-state index < -0.39 is 18.5 Å². The third-order valence-corrected chi connectivity index (χ3v) is 4.66. The van der Waals surface area contributed by atoms with E-state index in [9.17, 15) is 14.9 Å². The van der Waals surface area contributed by atoms with Crippen molar-refractivity contribution in [2.75, 3.05) is 20.8 Å². The fourth-order valence-electron chi connectivity index (χ4n) is 3.14. The van der Waals surface area contributed by atoms with Crippen molar-refractivity contribution in [1.29, 1.82) is 5.26 Å². The van der Waals surface area contributed by atoms with Gasteiger partial charge < -0.3 is 24.7 Å². The third kappa shape index (κ3) is 5.04. The van der Waals surface area contributed by atoms with E-state index in [1.165, 1.54) is 26.4 Å². The van der Waals surface area contributed by atoms with Gasteiger partial charge in [0.1, 0.15) is 18.2 Å². The molecular formula is C23H22N4O6. The Morgan fingerprint density at radius 2 is 1.76 bits per heavy atom. The number of amides is 1. The SMILES string of the molecule is COc1cc(C(=O)OCc2c(C#N)c(C)nn2-c2ccccc2)cc(OC)c1OCC(N)=O. The van der Waals surface area contributed by atoms with Gasteiger partial charge in [-0.2, -0.15) is 10.4 Å². The zero-order valence-electron chi connectivity index (χ0n) is 18.3. The molecule has 3 aromatic rings. The minimum atomic E-state index is -0.685. The summed E-state index contributed by atoms with van der Waals surface area (Å²) >= 11 is 0. The standard InChI is InChI=1S/C23H22N4O6/c1-14-17(11-24)18(27(26-14)16-7-5-4-6-8-16)12-33-23(29)15-9-19(30-2)22(20(10-15)31-3)32-13-21(25)28/h4-10H,12-13H2,1-3H3,(H2,25,28). The number of hydrogen-bond donors (Lipinski definition) is 1. The first-order valence-corrected chi connectivity index (χ1v) is 9.77. The normalized spacial score (nSPS) is 10.2. The van der Waals surface area contributed by atoms with Gasteiger partial charge in [0.05, 0.1) is 36.9 Å². The number of nitrogens with two attached hydrogens (primary N) is 1. The van der Waals surface area contributed by atoms with Crippen LogP contribution in [-0.2, 0) is 16.1 Å². The highest BCUT2D eigenvalue weighted by Gasteiger charge is 2.22. The van der Waals surface area contributed by atoms with Gasteiger partial charge in [-0.05, 0) is 31.2 Å². The Kier molecular flexibility index (Phi) is 7.15. The Balaban J connectivity index is 1.89. The monoisotopic (exact) mass is 450 g/mol. The second-order valence-corrected chi connectivity index (χ2v) is 6.81. The second-order valence-electron chi connectivity index (χ2n) is 6.81. The first-order chi connectivity index (χ1) is 15.9. The highest BCUT2D eigenvalue weighted by atomic mass is 16.5. The van der Waals surface area contributed by atoms with E-state index in [1.54, 1.807) is 11.6 Å². The van der Waals surface area contributed by atoms with Crippen molar-refractivity contribution in [2.45, 2.75) is 13.5 Å². The van der Waals surface area contributed by atoms with Crippen molar-refractivity contribution in [3.63, 3.8) is 0 Å². The van der Waals surface area contributed by atoms with E-state index in [2.05, 4.69) is 11.2 Å². The Morgan fingerprint density at radius 3 is 2.30 bits per heavy atom. The van der Waals surface area contributed by atoms with Crippen LogP contribution in [0.15, 0.2) is 42.5 Å². The van der Waals surface area contributed by atoms with Gasteiger partial charge in [-0.15, -0.1) is 0 Å². The van der Waals surface area contributed by atoms with Crippen molar-refractivity contribution in [3.05, 3.63) is 65.0 Å². The number of rotatable bonds is 9. The van der Waals surface area contributed by atoms with E-state index in [1.807, 2.05) is 30.3 Å². The smallest absolute Gasteiger partial charge is 0.338 e. The van der Waals surface area contributed by atoms with Crippen LogP contribution in [0.5, 0.6) is 17.2 Å². The Labute approximate surface area is 190 Å². The molecule has 33 heavy (non-hydrogen) atoms. The molecule has 2 aromatic carbocycles. The number of hydrogen-bond acceptors (Lipinski definition) is 8. The zero-order valence-corrected chi connectivity index (χ0v) is 18.3. The number of carbonyl (C=O) groups excluding carboxylic acids is 2. The molecule has 1 amide bonds. The lowest BCUT2D eigenvalue weighted by atomic mass is 10.1. The average molecular weight is 450 g/mol. The second kappa shape index (κ2) is 10.2. The zero-order chi connectivity index (χ0) is 24.0. The summed E-state index contributed by atoms with van der Waals surface area (Å²) in [4.78, 5) is 23.9. The molecule has 0 aliphatic rings. The number of methoxy groups -OCH3 is 2. The van der Waals surface area contributed by atoms with Crippen LogP contribution >= 0.6 is 0 Å². The predicted octanol–water partition coefficient (Wildman–Crippen LogP) is 2.29. The van der Waals surface area contributed by atoms with Gasteiger partial charge >= 0.3 is 5.97 Å². The van der Waals surface area contributed by atoms with Gasteiger partial charge in [-0.1, -0.05) is 18.2 Å². The molecule has 2 N–H and O–H groups in total. The summed E-state index contributed by atoms with van der Waals surface area (Å²) in [5.74, 6) is -0.924. The van der Waals surface area contributed by atoms with Crippen LogP contribution in [0, 0.1) is 18.3 Å². The van der Waals surface area contributed by atoms with E-state index in [-0.39, 0.29) is 29.4 Å². The minimum absolute atomic E-state index is 0.121. The Hall–Kier alpha value is -4.52. The van der Waals surface area contributed by atoms with E-state index in [4.69, 9.17) is 24.7 Å². The van der Waals surface area contributed by atoms with Crippen LogP contribution in [0.25, 0.3) is 5.69 Å².